The van der Waals surface area contributed by atoms with E-state index in [0.29, 0.717) is 5.41 Å². The molecule has 1 saturated carbocycles. The van der Waals surface area contributed by atoms with Crippen molar-refractivity contribution in [3.8, 4) is 0 Å². The zero-order valence-corrected chi connectivity index (χ0v) is 10.0. The van der Waals surface area contributed by atoms with E-state index in [1.54, 1.807) is 0 Å². The molecule has 14 heavy (non-hydrogen) atoms. The van der Waals surface area contributed by atoms with Crippen molar-refractivity contribution < 1.29 is 0 Å². The highest BCUT2D eigenvalue weighted by Gasteiger charge is 2.34. The van der Waals surface area contributed by atoms with Crippen molar-refractivity contribution >= 4 is 0 Å². The Kier molecular flexibility index (Phi) is 4.18. The van der Waals surface area contributed by atoms with Gasteiger partial charge in [0.05, 0.1) is 0 Å². The van der Waals surface area contributed by atoms with Crippen molar-refractivity contribution in [3.63, 3.8) is 0 Å². The van der Waals surface area contributed by atoms with Crippen molar-refractivity contribution in [2.75, 3.05) is 6.54 Å². The van der Waals surface area contributed by atoms with E-state index in [1.807, 2.05) is 0 Å². The molecule has 2 unspecified atom stereocenters. The topological polar surface area (TPSA) is 12.0 Å². The van der Waals surface area contributed by atoms with Crippen LogP contribution >= 0.6 is 0 Å². The fourth-order valence-corrected chi connectivity index (χ4v) is 2.67. The van der Waals surface area contributed by atoms with Gasteiger partial charge in [-0.3, -0.25) is 0 Å². The summed E-state index contributed by atoms with van der Waals surface area (Å²) < 4.78 is 0. The van der Waals surface area contributed by atoms with E-state index in [9.17, 15) is 0 Å². The molecule has 0 heterocycles. The van der Waals surface area contributed by atoms with Gasteiger partial charge in [-0.05, 0) is 44.1 Å². The highest BCUT2D eigenvalue weighted by Crippen LogP contribution is 2.42. The summed E-state index contributed by atoms with van der Waals surface area (Å²) in [7, 11) is 0. The first-order valence-electron chi connectivity index (χ1n) is 5.99. The summed E-state index contributed by atoms with van der Waals surface area (Å²) in [4.78, 5) is 0. The predicted molar refractivity (Wildman–Crippen MR) is 63.5 cm³/mol. The lowest BCUT2D eigenvalue weighted by Crippen LogP contribution is -2.27. The second kappa shape index (κ2) is 4.97. The van der Waals surface area contributed by atoms with Crippen LogP contribution in [0, 0.1) is 5.41 Å². The van der Waals surface area contributed by atoms with Gasteiger partial charge in [0, 0.05) is 6.04 Å². The minimum absolute atomic E-state index is 0.528. The third-order valence-electron chi connectivity index (χ3n) is 3.51. The van der Waals surface area contributed by atoms with Crippen LogP contribution in [-0.4, -0.2) is 12.6 Å². The fourth-order valence-electron chi connectivity index (χ4n) is 2.67. The van der Waals surface area contributed by atoms with Gasteiger partial charge in [-0.2, -0.15) is 0 Å². The van der Waals surface area contributed by atoms with E-state index in [4.69, 9.17) is 0 Å². The molecule has 0 aromatic heterocycles. The average Bonchev–Trinajstić information content (AvgIpc) is 2.48. The third kappa shape index (κ3) is 3.13. The van der Waals surface area contributed by atoms with Crippen LogP contribution in [0.4, 0.5) is 0 Å². The molecule has 0 radical (unpaired) electrons. The molecule has 0 amide bonds. The highest BCUT2D eigenvalue weighted by atomic mass is 14.9. The van der Waals surface area contributed by atoms with Crippen molar-refractivity contribution in [3.05, 3.63) is 12.2 Å². The predicted octanol–water partition coefficient (Wildman–Crippen LogP) is 3.51. The number of hydrogen-bond acceptors (Lipinski definition) is 1. The molecule has 2 atom stereocenters. The second-order valence-corrected chi connectivity index (χ2v) is 5.09. The number of nitrogens with one attached hydrogen (secondary N) is 1. The summed E-state index contributed by atoms with van der Waals surface area (Å²) in [5.41, 5.74) is 1.95. The monoisotopic (exact) mass is 195 g/mol. The van der Waals surface area contributed by atoms with Crippen LogP contribution in [0.3, 0.4) is 0 Å². The molecule has 0 saturated heterocycles. The van der Waals surface area contributed by atoms with Gasteiger partial charge < -0.3 is 5.32 Å². The zero-order chi connectivity index (χ0) is 10.6. The Balaban J connectivity index is 2.41. The largest absolute Gasteiger partial charge is 0.314 e. The maximum absolute atomic E-state index is 4.13. The first-order chi connectivity index (χ1) is 6.59. The molecule has 1 rings (SSSR count). The van der Waals surface area contributed by atoms with E-state index in [-0.39, 0.29) is 0 Å². The molecule has 0 aromatic carbocycles. The molecule has 0 aliphatic heterocycles. The first-order valence-corrected chi connectivity index (χ1v) is 5.99. The summed E-state index contributed by atoms with van der Waals surface area (Å²) in [6.45, 7) is 12.1. The van der Waals surface area contributed by atoms with Crippen LogP contribution in [0.1, 0.15) is 52.9 Å². The smallest absolute Gasteiger partial charge is 0.00724 e. The zero-order valence-electron chi connectivity index (χ0n) is 10.0. The van der Waals surface area contributed by atoms with Gasteiger partial charge in [0.25, 0.3) is 0 Å². The molecule has 1 nitrogen and oxygen atoms in total. The van der Waals surface area contributed by atoms with Crippen LogP contribution in [-0.2, 0) is 0 Å². The minimum atomic E-state index is 0.528. The van der Waals surface area contributed by atoms with Crippen LogP contribution in [0.5, 0.6) is 0 Å². The van der Waals surface area contributed by atoms with E-state index in [0.717, 1.165) is 19.0 Å². The van der Waals surface area contributed by atoms with Crippen molar-refractivity contribution in [1.29, 1.82) is 0 Å². The maximum atomic E-state index is 4.13. The molecular formula is C13H25N. The van der Waals surface area contributed by atoms with Crippen molar-refractivity contribution in [2.45, 2.75) is 58.9 Å². The third-order valence-corrected chi connectivity index (χ3v) is 3.51. The van der Waals surface area contributed by atoms with Crippen molar-refractivity contribution in [2.24, 2.45) is 5.41 Å². The van der Waals surface area contributed by atoms with Gasteiger partial charge in [0.1, 0.15) is 0 Å². The van der Waals surface area contributed by atoms with Crippen molar-refractivity contribution in [1.82, 2.24) is 5.32 Å². The Hall–Kier alpha value is -0.300. The molecule has 0 aromatic rings. The normalized spacial score (nSPS) is 32.1. The maximum Gasteiger partial charge on any atom is 0.00724 e. The van der Waals surface area contributed by atoms with E-state index >= 15 is 0 Å². The van der Waals surface area contributed by atoms with Gasteiger partial charge in [-0.25, -0.2) is 0 Å². The number of hydrogen-bond donors (Lipinski definition) is 1. The van der Waals surface area contributed by atoms with Crippen LogP contribution in [0.2, 0.25) is 0 Å². The highest BCUT2D eigenvalue weighted by molar-refractivity contribution is 5.02. The Morgan fingerprint density at radius 1 is 1.50 bits per heavy atom. The summed E-state index contributed by atoms with van der Waals surface area (Å²) in [5, 5.41) is 3.56. The number of allylic oxidation sites excluding steroid dienone is 1. The van der Waals surface area contributed by atoms with Crippen LogP contribution < -0.4 is 5.32 Å². The lowest BCUT2D eigenvalue weighted by molar-refractivity contribution is 0.319. The Morgan fingerprint density at radius 2 is 2.21 bits per heavy atom. The summed E-state index contributed by atoms with van der Waals surface area (Å²) in [5.74, 6) is 0. The summed E-state index contributed by atoms with van der Waals surface area (Å²) in [6.07, 6.45) is 6.41. The Labute approximate surface area is 89.0 Å². The average molecular weight is 195 g/mol. The fraction of sp³-hybridized carbons (Fsp3) is 0.846. The molecule has 0 spiro atoms. The Bertz CT molecular complexity index is 197. The van der Waals surface area contributed by atoms with E-state index < -0.39 is 0 Å². The Morgan fingerprint density at radius 3 is 2.79 bits per heavy atom. The molecular weight excluding hydrogens is 170 g/mol. The van der Waals surface area contributed by atoms with Crippen LogP contribution in [0.25, 0.3) is 0 Å². The second-order valence-electron chi connectivity index (χ2n) is 5.09. The molecule has 1 aliphatic rings. The molecule has 1 fully saturated rings. The molecule has 1 heteroatoms. The van der Waals surface area contributed by atoms with Crippen LogP contribution in [0.15, 0.2) is 12.2 Å². The standard InChI is InChI=1S/C13H25N/c1-5-11(3)9-13(4)8-7-12(10-13)14-6-2/h12,14H,3,5-10H2,1-2,4H3. The molecule has 82 valence electrons. The summed E-state index contributed by atoms with van der Waals surface area (Å²) >= 11 is 0. The molecule has 1 aliphatic carbocycles. The SMILES string of the molecule is C=C(CC)CC1(C)CCC(NCC)C1. The molecule has 1 N–H and O–H groups in total. The van der Waals surface area contributed by atoms with E-state index in [2.05, 4.69) is 32.7 Å². The van der Waals surface area contributed by atoms with Gasteiger partial charge in [-0.1, -0.05) is 32.9 Å². The first kappa shape index (κ1) is 11.8. The summed E-state index contributed by atoms with van der Waals surface area (Å²) in [6, 6.07) is 0.759. The van der Waals surface area contributed by atoms with Gasteiger partial charge >= 0.3 is 0 Å². The van der Waals surface area contributed by atoms with Gasteiger partial charge in [0.15, 0.2) is 0 Å². The van der Waals surface area contributed by atoms with E-state index in [1.165, 1.54) is 31.3 Å². The lowest BCUT2D eigenvalue weighted by Gasteiger charge is -2.25. The quantitative estimate of drug-likeness (QED) is 0.662. The number of rotatable bonds is 5. The van der Waals surface area contributed by atoms with Gasteiger partial charge in [-0.15, -0.1) is 0 Å². The lowest BCUT2D eigenvalue weighted by atomic mass is 9.81. The molecule has 0 bridgehead atoms. The minimum Gasteiger partial charge on any atom is -0.314 e. The van der Waals surface area contributed by atoms with Gasteiger partial charge in [0.2, 0.25) is 0 Å².